The molecule has 0 fully saturated rings. The van der Waals surface area contributed by atoms with Gasteiger partial charge in [-0.1, -0.05) is 126 Å². The molecular weight excluding hydrogens is 707 g/mol. The van der Waals surface area contributed by atoms with Gasteiger partial charge in [-0.25, -0.2) is 4.98 Å². The quantitative estimate of drug-likeness (QED) is 0.180. The van der Waals surface area contributed by atoms with E-state index in [-0.39, 0.29) is 22.9 Å². The number of para-hydroxylation sites is 2. The summed E-state index contributed by atoms with van der Waals surface area (Å²) in [5.41, 5.74) is 15.8. The number of pyridine rings is 1. The Morgan fingerprint density at radius 2 is 1.43 bits per heavy atom. The maximum atomic E-state index is 5.60. The number of aryl methyl sites for hydroxylation is 1. The third-order valence-corrected chi connectivity index (χ3v) is 13.0. The lowest BCUT2D eigenvalue weighted by atomic mass is 9.73. The van der Waals surface area contributed by atoms with Crippen molar-refractivity contribution in [3.63, 3.8) is 0 Å². The largest absolute Gasteiger partial charge is 0.342 e. The normalized spacial score (nSPS) is 17.9. The van der Waals surface area contributed by atoms with Crippen LogP contribution in [0.15, 0.2) is 157 Å². The van der Waals surface area contributed by atoms with E-state index in [0.29, 0.717) is 0 Å². The summed E-state index contributed by atoms with van der Waals surface area (Å²) in [6, 6.07) is 54.1. The molecule has 8 aromatic rings. The lowest BCUT2D eigenvalue weighted by Gasteiger charge is -2.42. The highest BCUT2D eigenvalue weighted by Crippen LogP contribution is 2.55. The van der Waals surface area contributed by atoms with Gasteiger partial charge in [0.15, 0.2) is 0 Å². The topological polar surface area (TPSA) is 36.7 Å². The third-order valence-electron chi connectivity index (χ3n) is 13.0. The van der Waals surface area contributed by atoms with Crippen LogP contribution < -0.4 is 4.90 Å². The fourth-order valence-corrected chi connectivity index (χ4v) is 10.1. The van der Waals surface area contributed by atoms with Gasteiger partial charge in [-0.05, 0) is 106 Å². The molecule has 0 saturated carbocycles. The first kappa shape index (κ1) is 34.8. The summed E-state index contributed by atoms with van der Waals surface area (Å²) in [4.78, 5) is 15.7. The van der Waals surface area contributed by atoms with Gasteiger partial charge in [0.2, 0.25) is 0 Å². The van der Waals surface area contributed by atoms with Crippen molar-refractivity contribution in [1.82, 2.24) is 14.5 Å². The van der Waals surface area contributed by atoms with Crippen molar-refractivity contribution in [3.05, 3.63) is 196 Å². The monoisotopic (exact) mass is 753 g/mol. The Bertz CT molecular complexity index is 2980. The fraction of sp³-hybridized carbons (Fsp3) is 0.208. The van der Waals surface area contributed by atoms with Crippen molar-refractivity contribution in [1.29, 1.82) is 0 Å². The van der Waals surface area contributed by atoms with Crippen molar-refractivity contribution in [2.24, 2.45) is 4.99 Å². The van der Waals surface area contributed by atoms with Crippen molar-refractivity contribution in [3.8, 4) is 5.82 Å². The Balaban J connectivity index is 1.13. The lowest BCUT2D eigenvalue weighted by Crippen LogP contribution is -2.31. The van der Waals surface area contributed by atoms with Gasteiger partial charge in [0.1, 0.15) is 17.7 Å². The molecule has 5 heteroatoms. The minimum Gasteiger partial charge on any atom is -0.342 e. The van der Waals surface area contributed by atoms with Gasteiger partial charge in [-0.2, -0.15) is 0 Å². The van der Waals surface area contributed by atoms with Crippen molar-refractivity contribution in [2.75, 3.05) is 4.90 Å². The van der Waals surface area contributed by atoms with Crippen LogP contribution in [0, 0.1) is 6.92 Å². The second kappa shape index (κ2) is 12.5. The Labute approximate surface area is 340 Å². The number of amidine groups is 1. The van der Waals surface area contributed by atoms with E-state index < -0.39 is 0 Å². The average molecular weight is 754 g/mol. The van der Waals surface area contributed by atoms with Gasteiger partial charge in [0.05, 0.1) is 28.5 Å². The van der Waals surface area contributed by atoms with Crippen LogP contribution in [0.5, 0.6) is 0 Å². The highest BCUT2D eigenvalue weighted by atomic mass is 15.3. The van der Waals surface area contributed by atoms with Crippen LogP contribution >= 0.6 is 0 Å². The number of benzene rings is 6. The van der Waals surface area contributed by atoms with Crippen LogP contribution in [0.3, 0.4) is 0 Å². The molecule has 0 spiro atoms. The number of hydrogen-bond donors (Lipinski definition) is 0. The van der Waals surface area contributed by atoms with Crippen LogP contribution in [-0.4, -0.2) is 20.3 Å². The molecule has 0 N–H and O–H groups in total. The predicted molar refractivity (Wildman–Crippen MR) is 239 cm³/mol. The maximum absolute atomic E-state index is 5.60. The number of hydrogen-bond acceptors (Lipinski definition) is 4. The maximum Gasteiger partial charge on any atom is 0.137 e. The van der Waals surface area contributed by atoms with E-state index in [1.807, 2.05) is 6.20 Å². The van der Waals surface area contributed by atoms with Crippen LogP contribution in [0.2, 0.25) is 0 Å². The van der Waals surface area contributed by atoms with Gasteiger partial charge in [-0.15, -0.1) is 0 Å². The zero-order chi connectivity index (χ0) is 39.5. The summed E-state index contributed by atoms with van der Waals surface area (Å²) in [6.07, 6.45) is 1.96. The second-order valence-corrected chi connectivity index (χ2v) is 18.0. The van der Waals surface area contributed by atoms with Crippen molar-refractivity contribution in [2.45, 2.75) is 71.0 Å². The third kappa shape index (κ3) is 5.15. The van der Waals surface area contributed by atoms with E-state index in [1.165, 1.54) is 61.1 Å². The van der Waals surface area contributed by atoms with Gasteiger partial charge in [0, 0.05) is 40.2 Å². The molecule has 0 aliphatic carbocycles. The van der Waals surface area contributed by atoms with Crippen LogP contribution in [-0.2, 0) is 17.4 Å². The van der Waals surface area contributed by atoms with E-state index in [0.717, 1.165) is 40.5 Å². The van der Waals surface area contributed by atoms with E-state index in [9.17, 15) is 0 Å². The van der Waals surface area contributed by atoms with Crippen LogP contribution in [0.1, 0.15) is 91.2 Å². The molecule has 11 rings (SSSR count). The molecule has 6 aromatic carbocycles. The predicted octanol–water partition coefficient (Wildman–Crippen LogP) is 13.0. The number of aromatic nitrogens is 2. The summed E-state index contributed by atoms with van der Waals surface area (Å²) in [7, 11) is 0. The van der Waals surface area contributed by atoms with E-state index in [4.69, 9.17) is 9.98 Å². The molecule has 0 amide bonds. The molecule has 2 atom stereocenters. The lowest BCUT2D eigenvalue weighted by molar-refractivity contribution is 0.341. The van der Waals surface area contributed by atoms with Gasteiger partial charge < -0.3 is 9.80 Å². The molecule has 0 saturated heterocycles. The average Bonchev–Trinajstić information content (AvgIpc) is 3.89. The molecule has 284 valence electrons. The van der Waals surface area contributed by atoms with Crippen molar-refractivity contribution >= 4 is 44.7 Å². The molecule has 3 aliphatic rings. The standard InChI is InChI=1S/C53H47N5/c1-33-26-36(51-55-49(34-16-8-7-9-17-34)50-39-19-11-10-18-35(39)32-56(50)51)28-38(27-33)57-45-23-15-13-21-42(45)53(5,6)43-30-41-40-20-12-14-22-44(40)58(46(41)31-47(43)57)48-29-37(24-25-54-48)52(2,3)4/h7-31,49-50H,32H2,1-6H3/t49-,50+/m1/s1. The minimum absolute atomic E-state index is 0.00831. The first-order valence-electron chi connectivity index (χ1n) is 20.6. The highest BCUT2D eigenvalue weighted by molar-refractivity contribution is 6.11. The first-order valence-corrected chi connectivity index (χ1v) is 20.6. The fourth-order valence-electron chi connectivity index (χ4n) is 10.1. The summed E-state index contributed by atoms with van der Waals surface area (Å²) in [5, 5.41) is 2.47. The molecule has 2 aromatic heterocycles. The Hall–Kier alpha value is -6.46. The van der Waals surface area contributed by atoms with E-state index >= 15 is 0 Å². The SMILES string of the molecule is Cc1cc(C2=N[C@H](c3ccccc3)[C@@H]3c4ccccc4CN23)cc(N2c3ccccc3C(C)(C)c3cc4c5ccccc5n(-c5cc(C(C)(C)C)ccn5)c4cc32)c1. The smallest absolute Gasteiger partial charge is 0.137 e. The first-order chi connectivity index (χ1) is 28.1. The van der Waals surface area contributed by atoms with Gasteiger partial charge in [-0.3, -0.25) is 9.56 Å². The highest BCUT2D eigenvalue weighted by Gasteiger charge is 2.44. The summed E-state index contributed by atoms with van der Waals surface area (Å²) in [6.45, 7) is 14.6. The molecule has 3 aliphatic heterocycles. The summed E-state index contributed by atoms with van der Waals surface area (Å²) >= 11 is 0. The number of aliphatic imine (C=N–C) groups is 1. The Morgan fingerprint density at radius 1 is 0.672 bits per heavy atom. The summed E-state index contributed by atoms with van der Waals surface area (Å²) < 4.78 is 2.37. The van der Waals surface area contributed by atoms with Crippen molar-refractivity contribution < 1.29 is 0 Å². The number of nitrogens with zero attached hydrogens (tertiary/aromatic N) is 5. The number of fused-ring (bicyclic) bond motifs is 8. The number of rotatable bonds is 4. The zero-order valence-corrected chi connectivity index (χ0v) is 34.0. The van der Waals surface area contributed by atoms with Gasteiger partial charge >= 0.3 is 0 Å². The molecule has 0 unspecified atom stereocenters. The Kier molecular flexibility index (Phi) is 7.50. The van der Waals surface area contributed by atoms with Crippen LogP contribution in [0.25, 0.3) is 27.6 Å². The molecule has 5 nitrogen and oxygen atoms in total. The number of anilines is 3. The molecule has 5 heterocycles. The van der Waals surface area contributed by atoms with E-state index in [1.54, 1.807) is 0 Å². The zero-order valence-electron chi connectivity index (χ0n) is 34.0. The van der Waals surface area contributed by atoms with E-state index in [2.05, 4.69) is 202 Å². The minimum atomic E-state index is -0.246. The molecule has 0 radical (unpaired) electrons. The Morgan fingerprint density at radius 3 is 2.28 bits per heavy atom. The second-order valence-electron chi connectivity index (χ2n) is 18.0. The molecule has 58 heavy (non-hydrogen) atoms. The molecular formula is C53H47N5. The van der Waals surface area contributed by atoms with Crippen LogP contribution in [0.4, 0.5) is 17.1 Å². The van der Waals surface area contributed by atoms with Gasteiger partial charge in [0.25, 0.3) is 0 Å². The molecule has 0 bridgehead atoms. The summed E-state index contributed by atoms with van der Waals surface area (Å²) in [5.74, 6) is 2.00.